The Bertz CT molecular complexity index is 1130. The number of piperidine rings is 1. The predicted octanol–water partition coefficient (Wildman–Crippen LogP) is 3.59. The quantitative estimate of drug-likeness (QED) is 0.533. The van der Waals surface area contributed by atoms with Crippen molar-refractivity contribution < 1.29 is 35.8 Å². The number of rotatable bonds is 7. The molecule has 36 heavy (non-hydrogen) atoms. The molecule has 2 aromatic rings. The molecule has 196 valence electrons. The van der Waals surface area contributed by atoms with Crippen LogP contribution in [0, 0.1) is 12.8 Å². The van der Waals surface area contributed by atoms with E-state index in [1.54, 1.807) is 17.0 Å². The number of nitrogens with zero attached hydrogens (tertiary/aromatic N) is 3. The first-order valence-electron chi connectivity index (χ1n) is 11.9. The monoisotopic (exact) mass is 521 g/mol. The highest BCUT2D eigenvalue weighted by Crippen LogP contribution is 2.31. The van der Waals surface area contributed by atoms with E-state index < -0.39 is 10.4 Å². The van der Waals surface area contributed by atoms with Crippen LogP contribution in [0.1, 0.15) is 43.7 Å². The van der Waals surface area contributed by atoms with Gasteiger partial charge in [0.1, 0.15) is 18.2 Å². The molecule has 4 rings (SSSR count). The fraction of sp³-hybridized carbons (Fsp3) is 0.542. The lowest BCUT2D eigenvalue weighted by Crippen LogP contribution is -2.42. The van der Waals surface area contributed by atoms with E-state index in [9.17, 15) is 13.2 Å². The molecule has 12 heteroatoms. The van der Waals surface area contributed by atoms with Crippen molar-refractivity contribution in [3.05, 3.63) is 41.7 Å². The Labute approximate surface area is 211 Å². The van der Waals surface area contributed by atoms with E-state index in [-0.39, 0.29) is 31.3 Å². The fourth-order valence-corrected chi connectivity index (χ4v) is 4.54. The number of hydrogen-bond acceptors (Lipinski definition) is 10. The minimum atomic E-state index is -3.88. The zero-order chi connectivity index (χ0) is 25.7. The van der Waals surface area contributed by atoms with Gasteiger partial charge in [-0.1, -0.05) is 26.0 Å². The molecule has 1 aromatic heterocycles. The zero-order valence-electron chi connectivity index (χ0n) is 20.6. The number of carbonyl (C=O) groups is 1. The average Bonchev–Trinajstić information content (AvgIpc) is 2.86. The molecule has 2 aliphatic heterocycles. The Morgan fingerprint density at radius 1 is 1.08 bits per heavy atom. The molecule has 2 fully saturated rings. The summed E-state index contributed by atoms with van der Waals surface area (Å²) in [5, 5.41) is 0. The normalized spacial score (nSPS) is 18.7. The van der Waals surface area contributed by atoms with Crippen LogP contribution >= 0.6 is 0 Å². The molecule has 1 amide bonds. The molecular weight excluding hydrogens is 490 g/mol. The Morgan fingerprint density at radius 2 is 1.72 bits per heavy atom. The minimum Gasteiger partial charge on any atom is -0.474 e. The summed E-state index contributed by atoms with van der Waals surface area (Å²) < 4.78 is 49.4. The smallest absolute Gasteiger partial charge is 0.409 e. The second kappa shape index (κ2) is 11.4. The van der Waals surface area contributed by atoms with Crippen molar-refractivity contribution in [3.8, 4) is 17.5 Å². The number of amides is 1. The van der Waals surface area contributed by atoms with Crippen molar-refractivity contribution in [2.45, 2.75) is 45.6 Å². The topological polar surface area (TPSA) is 126 Å². The lowest BCUT2D eigenvalue weighted by atomic mass is 10.0. The van der Waals surface area contributed by atoms with Crippen LogP contribution in [0.3, 0.4) is 0 Å². The van der Waals surface area contributed by atoms with Crippen LogP contribution in [-0.2, 0) is 23.5 Å². The first-order valence-corrected chi connectivity index (χ1v) is 13.2. The van der Waals surface area contributed by atoms with E-state index in [2.05, 4.69) is 9.97 Å². The van der Waals surface area contributed by atoms with Gasteiger partial charge in [0, 0.05) is 31.8 Å². The molecule has 0 unspecified atom stereocenters. The summed E-state index contributed by atoms with van der Waals surface area (Å²) in [5.41, 5.74) is 1.54. The summed E-state index contributed by atoms with van der Waals surface area (Å²) in [6, 6.07) is 7.21. The van der Waals surface area contributed by atoms with Gasteiger partial charge >= 0.3 is 16.5 Å². The van der Waals surface area contributed by atoms with E-state index >= 15 is 0 Å². The third-order valence-electron chi connectivity index (χ3n) is 5.90. The number of ether oxygens (including phenoxy) is 3. The summed E-state index contributed by atoms with van der Waals surface area (Å²) in [4.78, 5) is 22.4. The first-order chi connectivity index (χ1) is 17.2. The summed E-state index contributed by atoms with van der Waals surface area (Å²) in [7, 11) is -3.88. The maximum absolute atomic E-state index is 12.2. The average molecular weight is 522 g/mol. The van der Waals surface area contributed by atoms with Gasteiger partial charge in [-0.2, -0.15) is 8.42 Å². The molecule has 0 saturated carbocycles. The van der Waals surface area contributed by atoms with Gasteiger partial charge in [0.05, 0.1) is 25.4 Å². The summed E-state index contributed by atoms with van der Waals surface area (Å²) >= 11 is 0. The highest BCUT2D eigenvalue weighted by atomic mass is 32.3. The Kier molecular flexibility index (Phi) is 8.27. The minimum absolute atomic E-state index is 0.0340. The highest BCUT2D eigenvalue weighted by Gasteiger charge is 2.27. The van der Waals surface area contributed by atoms with Crippen molar-refractivity contribution in [1.29, 1.82) is 0 Å². The van der Waals surface area contributed by atoms with Gasteiger partial charge < -0.3 is 19.1 Å². The molecule has 3 heterocycles. The van der Waals surface area contributed by atoms with Gasteiger partial charge in [-0.15, -0.1) is 0 Å². The second-order valence-electron chi connectivity index (χ2n) is 9.23. The molecule has 2 saturated heterocycles. The van der Waals surface area contributed by atoms with Gasteiger partial charge in [-0.3, -0.25) is 0 Å². The Hall–Kier alpha value is -2.96. The van der Waals surface area contributed by atoms with Crippen molar-refractivity contribution in [3.63, 3.8) is 0 Å². The van der Waals surface area contributed by atoms with E-state index in [4.69, 9.17) is 22.6 Å². The number of aromatic nitrogens is 2. The summed E-state index contributed by atoms with van der Waals surface area (Å²) in [5.74, 6) is 1.48. The van der Waals surface area contributed by atoms with Gasteiger partial charge in [0.15, 0.2) is 0 Å². The maximum atomic E-state index is 12.2. The number of hydrogen-bond donors (Lipinski definition) is 0. The van der Waals surface area contributed by atoms with Crippen LogP contribution < -0.4 is 9.47 Å². The van der Waals surface area contributed by atoms with E-state index in [1.807, 2.05) is 32.9 Å². The third-order valence-corrected chi connectivity index (χ3v) is 6.75. The molecule has 2 aliphatic rings. The van der Waals surface area contributed by atoms with Crippen molar-refractivity contribution in [2.75, 3.05) is 32.9 Å². The van der Waals surface area contributed by atoms with Crippen LogP contribution in [-0.4, -0.2) is 68.4 Å². The van der Waals surface area contributed by atoms with Crippen LogP contribution in [0.15, 0.2) is 30.6 Å². The maximum Gasteiger partial charge on any atom is 0.409 e. The molecule has 1 aromatic carbocycles. The SMILES string of the molecule is Cc1c(Oc2ccc(C3COS(=O)(=O)OC3)cc2)ncnc1OC1CCN(C(=O)OCC(C)C)CC1. The number of likely N-dealkylation sites (tertiary alicyclic amines) is 1. The molecule has 0 spiro atoms. The first kappa shape index (κ1) is 26.1. The molecule has 11 nitrogen and oxygen atoms in total. The molecular formula is C24H31N3O8S. The standard InChI is InChI=1S/C24H31N3O8S/c1-16(2)12-31-24(28)27-10-8-21(9-11-27)35-23-17(3)22(25-15-26-23)34-20-6-4-18(5-7-20)19-13-32-36(29,30)33-14-19/h4-7,15-16,19,21H,8-14H2,1-3H3. The molecule has 0 radical (unpaired) electrons. The van der Waals surface area contributed by atoms with Crippen LogP contribution in [0.25, 0.3) is 0 Å². The van der Waals surface area contributed by atoms with Crippen molar-refractivity contribution in [1.82, 2.24) is 14.9 Å². The zero-order valence-corrected chi connectivity index (χ0v) is 21.4. The van der Waals surface area contributed by atoms with Gasteiger partial charge in [-0.25, -0.2) is 23.1 Å². The Balaban J connectivity index is 1.31. The molecule has 0 N–H and O–H groups in total. The summed E-state index contributed by atoms with van der Waals surface area (Å²) in [6.45, 7) is 7.43. The number of benzene rings is 1. The van der Waals surface area contributed by atoms with Crippen LogP contribution in [0.5, 0.6) is 17.5 Å². The number of carbonyl (C=O) groups excluding carboxylic acids is 1. The van der Waals surface area contributed by atoms with E-state index in [0.717, 1.165) is 5.56 Å². The Morgan fingerprint density at radius 3 is 2.36 bits per heavy atom. The van der Waals surface area contributed by atoms with Gasteiger partial charge in [-0.05, 0) is 30.5 Å². The van der Waals surface area contributed by atoms with E-state index in [0.29, 0.717) is 61.5 Å². The van der Waals surface area contributed by atoms with Crippen molar-refractivity contribution in [2.24, 2.45) is 5.92 Å². The fourth-order valence-electron chi connectivity index (χ4n) is 3.81. The highest BCUT2D eigenvalue weighted by molar-refractivity contribution is 7.81. The van der Waals surface area contributed by atoms with Crippen molar-refractivity contribution >= 4 is 16.5 Å². The van der Waals surface area contributed by atoms with E-state index in [1.165, 1.54) is 6.33 Å². The molecule has 0 aliphatic carbocycles. The van der Waals surface area contributed by atoms with Crippen LogP contribution in [0.4, 0.5) is 4.79 Å². The lowest BCUT2D eigenvalue weighted by Gasteiger charge is -2.31. The lowest BCUT2D eigenvalue weighted by molar-refractivity contribution is 0.0603. The molecule has 0 atom stereocenters. The third kappa shape index (κ3) is 6.83. The van der Waals surface area contributed by atoms with Gasteiger partial charge in [0.25, 0.3) is 0 Å². The van der Waals surface area contributed by atoms with Gasteiger partial charge in [0.2, 0.25) is 11.8 Å². The molecule has 0 bridgehead atoms. The largest absolute Gasteiger partial charge is 0.474 e. The predicted molar refractivity (Wildman–Crippen MR) is 128 cm³/mol. The summed E-state index contributed by atoms with van der Waals surface area (Å²) in [6.07, 6.45) is 2.38. The second-order valence-corrected chi connectivity index (χ2v) is 10.5. The van der Waals surface area contributed by atoms with Crippen LogP contribution in [0.2, 0.25) is 0 Å².